The van der Waals surface area contributed by atoms with Crippen LogP contribution in [0.1, 0.15) is 60.3 Å². The normalized spacial score (nSPS) is 26.5. The molecule has 4 atom stereocenters. The smallest absolute Gasteiger partial charge is 0.410 e. The number of aliphatic hydroxyl groups is 2. The van der Waals surface area contributed by atoms with Gasteiger partial charge in [0.25, 0.3) is 0 Å². The first-order valence-electron chi connectivity index (χ1n) is 12.7. The van der Waals surface area contributed by atoms with Gasteiger partial charge in [-0.2, -0.15) is 0 Å². The van der Waals surface area contributed by atoms with E-state index in [2.05, 4.69) is 5.32 Å². The zero-order valence-corrected chi connectivity index (χ0v) is 25.8. The molecule has 0 radical (unpaired) electrons. The number of piperidine rings is 2. The summed E-state index contributed by atoms with van der Waals surface area (Å²) in [7, 11) is 2.98. The number of carbonyl (C=O) groups is 3. The van der Waals surface area contributed by atoms with Crippen LogP contribution in [0.15, 0.2) is 0 Å². The molecule has 39 heavy (non-hydrogen) atoms. The van der Waals surface area contributed by atoms with Gasteiger partial charge in [0.15, 0.2) is 0 Å². The Morgan fingerprint density at radius 3 is 1.82 bits per heavy atom. The third-order valence-electron chi connectivity index (χ3n) is 6.20. The molecule has 2 aliphatic heterocycles. The number of esters is 2. The topological polar surface area (TPSA) is 153 Å². The largest absolute Gasteiger partial charge is 0.466 e. The summed E-state index contributed by atoms with van der Waals surface area (Å²) in [5.41, 5.74) is -3.01. The molecule has 4 unspecified atom stereocenters. The van der Waals surface area contributed by atoms with Crippen molar-refractivity contribution < 1.29 is 48.3 Å². The molecule has 0 spiro atoms. The average molecular weight is 608 g/mol. The van der Waals surface area contributed by atoms with Crippen LogP contribution in [-0.2, 0) is 33.3 Å². The minimum Gasteiger partial charge on any atom is -0.466 e. The molecular weight excluding hydrogens is 559 g/mol. The molecule has 0 bridgehead atoms. The van der Waals surface area contributed by atoms with Crippen molar-refractivity contribution in [2.24, 2.45) is 0 Å². The van der Waals surface area contributed by atoms with Crippen molar-refractivity contribution in [1.82, 2.24) is 10.2 Å². The van der Waals surface area contributed by atoms with E-state index < -0.39 is 35.0 Å². The summed E-state index contributed by atoms with van der Waals surface area (Å²) in [6.07, 6.45) is -0.891. The molecule has 0 aliphatic carbocycles. The molecule has 2 saturated heterocycles. The van der Waals surface area contributed by atoms with E-state index in [9.17, 15) is 24.6 Å². The van der Waals surface area contributed by atoms with Gasteiger partial charge in [0.05, 0.1) is 38.7 Å². The quantitative estimate of drug-likeness (QED) is 0.274. The molecule has 0 saturated carbocycles. The van der Waals surface area contributed by atoms with Crippen LogP contribution >= 0.6 is 24.8 Å². The first kappa shape index (κ1) is 39.7. The fraction of sp³-hybridized carbons (Fsp3) is 0.880. The van der Waals surface area contributed by atoms with E-state index >= 15 is 0 Å². The lowest BCUT2D eigenvalue weighted by Crippen LogP contribution is -2.58. The second kappa shape index (κ2) is 18.1. The first-order chi connectivity index (χ1) is 17.2. The molecule has 2 aliphatic rings. The maximum atomic E-state index is 12.1. The number of halogens is 2. The van der Waals surface area contributed by atoms with Crippen LogP contribution in [0.2, 0.25) is 0 Å². The third-order valence-corrected chi connectivity index (χ3v) is 6.20. The van der Waals surface area contributed by atoms with Gasteiger partial charge in [-0.15, -0.1) is 24.8 Å². The van der Waals surface area contributed by atoms with Crippen molar-refractivity contribution in [3.05, 3.63) is 0 Å². The van der Waals surface area contributed by atoms with Crippen LogP contribution in [-0.4, -0.2) is 116 Å². The molecule has 12 nitrogen and oxygen atoms in total. The maximum absolute atomic E-state index is 12.1. The van der Waals surface area contributed by atoms with Crippen molar-refractivity contribution in [1.29, 1.82) is 0 Å². The predicted molar refractivity (Wildman–Crippen MR) is 148 cm³/mol. The van der Waals surface area contributed by atoms with E-state index in [1.54, 1.807) is 34.6 Å². The lowest BCUT2D eigenvalue weighted by molar-refractivity contribution is -0.165. The highest BCUT2D eigenvalue weighted by Crippen LogP contribution is 2.29. The second-order valence-corrected chi connectivity index (χ2v) is 10.2. The number of likely N-dealkylation sites (tertiary alicyclic amines) is 1. The summed E-state index contributed by atoms with van der Waals surface area (Å²) >= 11 is 0. The van der Waals surface area contributed by atoms with Crippen LogP contribution in [0, 0.1) is 0 Å². The van der Waals surface area contributed by atoms with E-state index in [1.807, 2.05) is 0 Å². The Labute approximate surface area is 244 Å². The van der Waals surface area contributed by atoms with Crippen LogP contribution < -0.4 is 5.32 Å². The van der Waals surface area contributed by atoms with Crippen LogP contribution in [0.25, 0.3) is 0 Å². The molecule has 2 rings (SSSR count). The van der Waals surface area contributed by atoms with Crippen molar-refractivity contribution in [2.75, 3.05) is 53.6 Å². The van der Waals surface area contributed by atoms with E-state index in [0.29, 0.717) is 32.7 Å². The van der Waals surface area contributed by atoms with Gasteiger partial charge >= 0.3 is 18.0 Å². The van der Waals surface area contributed by atoms with Crippen molar-refractivity contribution in [2.45, 2.75) is 89.3 Å². The van der Waals surface area contributed by atoms with Gasteiger partial charge in [0.2, 0.25) is 0 Å². The van der Waals surface area contributed by atoms with Gasteiger partial charge in [0, 0.05) is 27.3 Å². The monoisotopic (exact) mass is 606 g/mol. The Balaban J connectivity index is 0. The fourth-order valence-corrected chi connectivity index (χ4v) is 4.26. The second-order valence-electron chi connectivity index (χ2n) is 10.2. The molecule has 0 aromatic heterocycles. The maximum Gasteiger partial charge on any atom is 0.410 e. The molecule has 1 amide bonds. The van der Waals surface area contributed by atoms with Crippen LogP contribution in [0.5, 0.6) is 0 Å². The Kier molecular flexibility index (Phi) is 18.4. The molecule has 232 valence electrons. The number of carbonyl (C=O) groups excluding carboxylic acids is 3. The van der Waals surface area contributed by atoms with E-state index in [-0.39, 0.29) is 69.3 Å². The molecule has 2 heterocycles. The van der Waals surface area contributed by atoms with Gasteiger partial charge < -0.3 is 44.1 Å². The van der Waals surface area contributed by atoms with Gasteiger partial charge in [-0.3, -0.25) is 9.59 Å². The SMILES string of the molecule is CCOC(=O)CC1(O)CCN(C(=O)OC(C)(C)C)CC1OC.CCOC(=O)CC1(O)CCNCC1OC.Cl.Cl. The highest BCUT2D eigenvalue weighted by Gasteiger charge is 2.45. The molecular formula is C25H48Cl2N2O10. The summed E-state index contributed by atoms with van der Waals surface area (Å²) < 4.78 is 25.5. The summed E-state index contributed by atoms with van der Waals surface area (Å²) in [4.78, 5) is 36.5. The Morgan fingerprint density at radius 1 is 0.897 bits per heavy atom. The van der Waals surface area contributed by atoms with Crippen molar-refractivity contribution in [3.63, 3.8) is 0 Å². The molecule has 3 N–H and O–H groups in total. The average Bonchev–Trinajstić information content (AvgIpc) is 2.78. The minimum absolute atomic E-state index is 0. The first-order valence-corrected chi connectivity index (χ1v) is 12.7. The van der Waals surface area contributed by atoms with Gasteiger partial charge in [-0.05, 0) is 54.0 Å². The Hall–Kier alpha value is -1.41. The number of methoxy groups -OCH3 is 2. The highest BCUT2D eigenvalue weighted by molar-refractivity contribution is 5.85. The number of nitrogens with zero attached hydrogens (tertiary/aromatic N) is 1. The van der Waals surface area contributed by atoms with Gasteiger partial charge in [-0.1, -0.05) is 0 Å². The Morgan fingerprint density at radius 2 is 1.38 bits per heavy atom. The molecule has 0 aromatic rings. The van der Waals surface area contributed by atoms with Crippen LogP contribution in [0.3, 0.4) is 0 Å². The summed E-state index contributed by atoms with van der Waals surface area (Å²) in [6, 6.07) is 0. The summed E-state index contributed by atoms with van der Waals surface area (Å²) in [5, 5.41) is 24.0. The summed E-state index contributed by atoms with van der Waals surface area (Å²) in [5.74, 6) is -0.846. The number of ether oxygens (including phenoxy) is 5. The number of nitrogens with one attached hydrogen (secondary N) is 1. The van der Waals surface area contributed by atoms with Crippen LogP contribution in [0.4, 0.5) is 4.79 Å². The molecule has 0 aromatic carbocycles. The number of hydrogen-bond donors (Lipinski definition) is 3. The van der Waals surface area contributed by atoms with Gasteiger partial charge in [0.1, 0.15) is 22.9 Å². The number of amides is 1. The predicted octanol–water partition coefficient (Wildman–Crippen LogP) is 1.85. The highest BCUT2D eigenvalue weighted by atomic mass is 35.5. The lowest BCUT2D eigenvalue weighted by Gasteiger charge is -2.43. The number of rotatable bonds is 8. The van der Waals surface area contributed by atoms with Crippen molar-refractivity contribution >= 4 is 42.8 Å². The zero-order chi connectivity index (χ0) is 28.3. The standard InChI is InChI=1S/C15H27NO6.C10H19NO4.2ClH/c1-6-21-12(17)9-15(19)7-8-16(10-11(15)20-5)13(18)22-14(2,3)4;1-3-15-9(12)6-10(13)4-5-11-7-8(10)14-2;;/h11,19H,6-10H2,1-5H3;8,11,13H,3-7H2,1-2H3;2*1H. The Bertz CT molecular complexity index is 755. The number of hydrogen-bond acceptors (Lipinski definition) is 11. The zero-order valence-electron chi connectivity index (χ0n) is 24.1. The summed E-state index contributed by atoms with van der Waals surface area (Å²) in [6.45, 7) is 11.1. The van der Waals surface area contributed by atoms with Crippen molar-refractivity contribution in [3.8, 4) is 0 Å². The third kappa shape index (κ3) is 13.2. The minimum atomic E-state index is -1.33. The van der Waals surface area contributed by atoms with E-state index in [1.165, 1.54) is 19.1 Å². The molecule has 14 heteroatoms. The fourth-order valence-electron chi connectivity index (χ4n) is 4.26. The van der Waals surface area contributed by atoms with Gasteiger partial charge in [-0.25, -0.2) is 4.79 Å². The lowest BCUT2D eigenvalue weighted by atomic mass is 9.85. The van der Waals surface area contributed by atoms with E-state index in [0.717, 1.165) is 0 Å². The van der Waals surface area contributed by atoms with E-state index in [4.69, 9.17) is 23.7 Å². The molecule has 2 fully saturated rings.